The van der Waals surface area contributed by atoms with Gasteiger partial charge < -0.3 is 4.74 Å². The van der Waals surface area contributed by atoms with Gasteiger partial charge in [0.25, 0.3) is 0 Å². The highest BCUT2D eigenvalue weighted by atomic mass is 16.5. The third kappa shape index (κ3) is 7.91. The molecule has 0 heterocycles. The summed E-state index contributed by atoms with van der Waals surface area (Å²) < 4.78 is 6.68. The number of aryl methyl sites for hydroxylation is 4. The first kappa shape index (κ1) is 26.9. The zero-order valence-corrected chi connectivity index (χ0v) is 23.0. The van der Waals surface area contributed by atoms with Gasteiger partial charge in [0.2, 0.25) is 0 Å². The fourth-order valence-corrected chi connectivity index (χ4v) is 5.27. The molecule has 0 amide bonds. The molecule has 1 nitrogen and oxygen atoms in total. The largest absolute Gasteiger partial charge is 0.375 e. The van der Waals surface area contributed by atoms with Crippen molar-refractivity contribution in [3.63, 3.8) is 0 Å². The summed E-state index contributed by atoms with van der Waals surface area (Å²) in [5, 5.41) is 0. The maximum absolute atomic E-state index is 6.68. The molecule has 1 heteroatoms. The van der Waals surface area contributed by atoms with Crippen LogP contribution < -0.4 is 0 Å². The predicted octanol–water partition coefficient (Wildman–Crippen LogP) is 9.78. The summed E-state index contributed by atoms with van der Waals surface area (Å²) in [7, 11) is 0. The van der Waals surface area contributed by atoms with Crippen LogP contribution in [0, 0.1) is 13.8 Å². The van der Waals surface area contributed by atoms with E-state index in [1.54, 1.807) is 0 Å². The Morgan fingerprint density at radius 1 is 0.514 bits per heavy atom. The minimum atomic E-state index is 0.294. The molecule has 4 aromatic carbocycles. The van der Waals surface area contributed by atoms with Crippen LogP contribution in [0.4, 0.5) is 0 Å². The highest BCUT2D eigenvalue weighted by Crippen LogP contribution is 2.26. The minimum absolute atomic E-state index is 0.294. The van der Waals surface area contributed by atoms with E-state index in [9.17, 15) is 0 Å². The average molecular weight is 491 g/mol. The van der Waals surface area contributed by atoms with E-state index in [4.69, 9.17) is 4.74 Å². The molecule has 0 N–H and O–H groups in total. The lowest BCUT2D eigenvalue weighted by molar-refractivity contribution is -0.0232. The van der Waals surface area contributed by atoms with Crippen molar-refractivity contribution in [2.75, 3.05) is 0 Å². The molecule has 0 aromatic heterocycles. The van der Waals surface area contributed by atoms with Gasteiger partial charge in [-0.05, 0) is 85.8 Å². The molecule has 192 valence electrons. The molecule has 0 aliphatic heterocycles. The van der Waals surface area contributed by atoms with Crippen LogP contribution in [0.1, 0.15) is 61.8 Å². The quantitative estimate of drug-likeness (QED) is 0.192. The fourth-order valence-electron chi connectivity index (χ4n) is 5.27. The van der Waals surface area contributed by atoms with Crippen molar-refractivity contribution >= 4 is 0 Å². The van der Waals surface area contributed by atoms with Gasteiger partial charge in [0.1, 0.15) is 0 Å². The summed E-state index contributed by atoms with van der Waals surface area (Å²) >= 11 is 0. The van der Waals surface area contributed by atoms with Crippen molar-refractivity contribution in [3.05, 3.63) is 119 Å². The normalized spacial score (nSPS) is 12.9. The minimum Gasteiger partial charge on any atom is -0.375 e. The molecular formula is C36H42O. The second kappa shape index (κ2) is 13.4. The summed E-state index contributed by atoms with van der Waals surface area (Å²) in [5.74, 6) is 0. The van der Waals surface area contributed by atoms with E-state index in [1.807, 2.05) is 0 Å². The van der Waals surface area contributed by atoms with Crippen molar-refractivity contribution in [1.29, 1.82) is 0 Å². The SMILES string of the molecule is CCC(CCc1cc(C)cc(-c2ccccc2)c1)OC(CC)CCc1cc(C)cc(-c2ccccc2)c1. The van der Waals surface area contributed by atoms with E-state index in [1.165, 1.54) is 44.5 Å². The van der Waals surface area contributed by atoms with Crippen LogP contribution in [0.5, 0.6) is 0 Å². The summed E-state index contributed by atoms with van der Waals surface area (Å²) in [6, 6.07) is 35.3. The monoisotopic (exact) mass is 490 g/mol. The zero-order chi connectivity index (χ0) is 26.0. The predicted molar refractivity (Wildman–Crippen MR) is 159 cm³/mol. The van der Waals surface area contributed by atoms with Crippen LogP contribution in [-0.2, 0) is 17.6 Å². The first-order chi connectivity index (χ1) is 18.0. The van der Waals surface area contributed by atoms with E-state index < -0.39 is 0 Å². The first-order valence-electron chi connectivity index (χ1n) is 14.0. The smallest absolute Gasteiger partial charge is 0.0579 e. The molecule has 37 heavy (non-hydrogen) atoms. The van der Waals surface area contributed by atoms with Gasteiger partial charge in [-0.3, -0.25) is 0 Å². The van der Waals surface area contributed by atoms with Crippen molar-refractivity contribution in [2.45, 2.75) is 78.4 Å². The molecule has 2 unspecified atom stereocenters. The molecule has 0 aliphatic rings. The number of rotatable bonds is 12. The Hall–Kier alpha value is -3.16. The van der Waals surface area contributed by atoms with Crippen LogP contribution in [0.25, 0.3) is 22.3 Å². The molecule has 0 saturated carbocycles. The van der Waals surface area contributed by atoms with E-state index >= 15 is 0 Å². The van der Waals surface area contributed by atoms with Gasteiger partial charge in [0.15, 0.2) is 0 Å². The maximum atomic E-state index is 6.68. The standard InChI is InChI=1S/C36H42O/c1-5-35(19-17-29-21-27(3)23-33(25-29)31-13-9-7-10-14-31)37-36(6-2)20-18-30-22-28(4)24-34(26-30)32-15-11-8-12-16-32/h7-16,21-26,35-36H,5-6,17-20H2,1-4H3. The summed E-state index contributed by atoms with van der Waals surface area (Å²) in [5.41, 5.74) is 10.6. The van der Waals surface area contributed by atoms with E-state index in [-0.39, 0.29) is 0 Å². The summed E-state index contributed by atoms with van der Waals surface area (Å²) in [6.45, 7) is 8.92. The number of hydrogen-bond acceptors (Lipinski definition) is 1. The second-order valence-electron chi connectivity index (χ2n) is 10.4. The molecule has 0 radical (unpaired) electrons. The van der Waals surface area contributed by atoms with Gasteiger partial charge in [-0.2, -0.15) is 0 Å². The van der Waals surface area contributed by atoms with E-state index in [2.05, 4.69) is 125 Å². The van der Waals surface area contributed by atoms with E-state index in [0.29, 0.717) is 12.2 Å². The Balaban J connectivity index is 1.35. The van der Waals surface area contributed by atoms with Crippen molar-refractivity contribution in [2.24, 2.45) is 0 Å². The van der Waals surface area contributed by atoms with Crippen LogP contribution in [0.2, 0.25) is 0 Å². The topological polar surface area (TPSA) is 9.23 Å². The van der Waals surface area contributed by atoms with Gasteiger partial charge in [0.05, 0.1) is 12.2 Å². The van der Waals surface area contributed by atoms with E-state index in [0.717, 1.165) is 38.5 Å². The molecule has 4 rings (SSSR count). The van der Waals surface area contributed by atoms with Crippen molar-refractivity contribution < 1.29 is 4.74 Å². The Kier molecular flexibility index (Phi) is 9.74. The van der Waals surface area contributed by atoms with Gasteiger partial charge in [-0.15, -0.1) is 0 Å². The first-order valence-corrected chi connectivity index (χ1v) is 14.0. The van der Waals surface area contributed by atoms with Gasteiger partial charge in [0, 0.05) is 0 Å². The maximum Gasteiger partial charge on any atom is 0.0579 e. The van der Waals surface area contributed by atoms with Crippen LogP contribution in [0.3, 0.4) is 0 Å². The van der Waals surface area contributed by atoms with Crippen LogP contribution in [-0.4, -0.2) is 12.2 Å². The van der Waals surface area contributed by atoms with Crippen molar-refractivity contribution in [3.8, 4) is 22.3 Å². The Labute approximate surface area is 224 Å². The van der Waals surface area contributed by atoms with Gasteiger partial charge in [-0.25, -0.2) is 0 Å². The highest BCUT2D eigenvalue weighted by Gasteiger charge is 2.15. The molecule has 0 fully saturated rings. The Morgan fingerprint density at radius 3 is 1.30 bits per heavy atom. The van der Waals surface area contributed by atoms with Gasteiger partial charge in [-0.1, -0.05) is 122 Å². The lowest BCUT2D eigenvalue weighted by atomic mass is 9.96. The molecule has 0 spiro atoms. The summed E-state index contributed by atoms with van der Waals surface area (Å²) in [6.07, 6.45) is 6.92. The molecule has 0 bridgehead atoms. The lowest BCUT2D eigenvalue weighted by Gasteiger charge is -2.24. The number of ether oxygens (including phenoxy) is 1. The molecule has 0 aliphatic carbocycles. The number of hydrogen-bond donors (Lipinski definition) is 0. The van der Waals surface area contributed by atoms with Gasteiger partial charge >= 0.3 is 0 Å². The third-order valence-electron chi connectivity index (χ3n) is 7.29. The molecule has 0 saturated heterocycles. The Morgan fingerprint density at radius 2 is 0.919 bits per heavy atom. The molecule has 2 atom stereocenters. The van der Waals surface area contributed by atoms with Crippen LogP contribution in [0.15, 0.2) is 97.1 Å². The zero-order valence-electron chi connectivity index (χ0n) is 23.0. The fraction of sp³-hybridized carbons (Fsp3) is 0.333. The highest BCUT2D eigenvalue weighted by molar-refractivity contribution is 5.66. The third-order valence-corrected chi connectivity index (χ3v) is 7.29. The van der Waals surface area contributed by atoms with Crippen LogP contribution >= 0.6 is 0 Å². The molecular weight excluding hydrogens is 448 g/mol. The lowest BCUT2D eigenvalue weighted by Crippen LogP contribution is -2.22. The number of benzene rings is 4. The second-order valence-corrected chi connectivity index (χ2v) is 10.4. The Bertz CT molecular complexity index is 1140. The average Bonchev–Trinajstić information content (AvgIpc) is 2.93. The molecule has 4 aromatic rings. The summed E-state index contributed by atoms with van der Waals surface area (Å²) in [4.78, 5) is 0. The van der Waals surface area contributed by atoms with Crippen molar-refractivity contribution in [1.82, 2.24) is 0 Å².